The van der Waals surface area contributed by atoms with Crippen LogP contribution in [0.25, 0.3) is 0 Å². The van der Waals surface area contributed by atoms with Crippen LogP contribution in [-0.2, 0) is 11.2 Å². The Morgan fingerprint density at radius 3 is 2.62 bits per heavy atom. The van der Waals surface area contributed by atoms with Gasteiger partial charge >= 0.3 is 0 Å². The number of rotatable bonds is 6. The van der Waals surface area contributed by atoms with Gasteiger partial charge in [0.1, 0.15) is 5.82 Å². The molecule has 3 rings (SSSR count). The second kappa shape index (κ2) is 8.11. The van der Waals surface area contributed by atoms with Gasteiger partial charge in [0.05, 0.1) is 6.04 Å². The van der Waals surface area contributed by atoms with Crippen LogP contribution in [0, 0.1) is 11.8 Å². The van der Waals surface area contributed by atoms with Crippen LogP contribution in [-0.4, -0.2) is 22.4 Å². The highest BCUT2D eigenvalue weighted by Gasteiger charge is 2.28. The highest BCUT2D eigenvalue weighted by Crippen LogP contribution is 2.29. The zero-order valence-corrected chi connectivity index (χ0v) is 13.9. The quantitative estimate of drug-likeness (QED) is 0.763. The maximum atomic E-state index is 12.7. The van der Waals surface area contributed by atoms with Crippen LogP contribution in [0.2, 0.25) is 0 Å². The zero-order valence-electron chi connectivity index (χ0n) is 13.9. The average molecular weight is 326 g/mol. The van der Waals surface area contributed by atoms with Crippen LogP contribution >= 0.6 is 0 Å². The van der Waals surface area contributed by atoms with Crippen LogP contribution < -0.4 is 11.1 Å². The van der Waals surface area contributed by atoms with Gasteiger partial charge in [0.2, 0.25) is 5.91 Å². The molecule has 0 unspecified atom stereocenters. The normalized spacial score (nSPS) is 22.0. The lowest BCUT2D eigenvalue weighted by Gasteiger charge is -2.28. The minimum absolute atomic E-state index is 0.0982. The molecule has 1 aromatic heterocycles. The molecule has 2 aromatic rings. The Hall–Kier alpha value is -2.14. The molecule has 5 heteroatoms. The molecule has 4 N–H and O–H groups in total. The second-order valence-corrected chi connectivity index (χ2v) is 6.68. The van der Waals surface area contributed by atoms with Crippen molar-refractivity contribution in [1.29, 1.82) is 0 Å². The third-order valence-electron chi connectivity index (χ3n) is 5.00. The summed E-state index contributed by atoms with van der Waals surface area (Å²) >= 11 is 0. The van der Waals surface area contributed by atoms with Gasteiger partial charge in [0.25, 0.3) is 0 Å². The van der Waals surface area contributed by atoms with Crippen molar-refractivity contribution in [3.63, 3.8) is 0 Å². The van der Waals surface area contributed by atoms with Gasteiger partial charge in [-0.1, -0.05) is 30.3 Å². The smallest absolute Gasteiger partial charge is 0.223 e. The lowest BCUT2D eigenvalue weighted by molar-refractivity contribution is -0.127. The van der Waals surface area contributed by atoms with Crippen LogP contribution in [0.4, 0.5) is 0 Å². The van der Waals surface area contributed by atoms with Gasteiger partial charge in [-0.25, -0.2) is 4.98 Å². The van der Waals surface area contributed by atoms with Crippen LogP contribution in [0.3, 0.4) is 0 Å². The summed E-state index contributed by atoms with van der Waals surface area (Å²) in [5.74, 6) is 1.63. The van der Waals surface area contributed by atoms with Gasteiger partial charge in [-0.15, -0.1) is 0 Å². The van der Waals surface area contributed by atoms with E-state index in [4.69, 9.17) is 5.73 Å². The average Bonchev–Trinajstić information content (AvgIpc) is 3.17. The molecule has 1 saturated carbocycles. The fourth-order valence-electron chi connectivity index (χ4n) is 3.48. The van der Waals surface area contributed by atoms with Gasteiger partial charge < -0.3 is 16.0 Å². The number of carbonyl (C=O) groups excluding carboxylic acids is 1. The first-order valence-electron chi connectivity index (χ1n) is 8.80. The van der Waals surface area contributed by atoms with E-state index in [0.717, 1.165) is 44.5 Å². The summed E-state index contributed by atoms with van der Waals surface area (Å²) in [4.78, 5) is 20.2. The summed E-state index contributed by atoms with van der Waals surface area (Å²) in [6.45, 7) is 0.733. The van der Waals surface area contributed by atoms with Gasteiger partial charge in [-0.3, -0.25) is 4.79 Å². The maximum absolute atomic E-state index is 12.7. The second-order valence-electron chi connectivity index (χ2n) is 6.68. The Morgan fingerprint density at radius 1 is 1.25 bits per heavy atom. The SMILES string of the molecule is NCC1CCC(C(=O)N[C@@H](Cc2ccccc2)c2ncc[nH]2)CC1. The van der Waals surface area contributed by atoms with Crippen LogP contribution in [0.5, 0.6) is 0 Å². The Balaban J connectivity index is 1.65. The molecule has 5 nitrogen and oxygen atoms in total. The lowest BCUT2D eigenvalue weighted by atomic mass is 9.81. The number of nitrogens with zero attached hydrogens (tertiary/aromatic N) is 1. The Kier molecular flexibility index (Phi) is 5.64. The van der Waals surface area contributed by atoms with Crippen molar-refractivity contribution in [3.8, 4) is 0 Å². The standard InChI is InChI=1S/C19H26N4O/c20-13-15-6-8-16(9-7-15)19(24)23-17(18-21-10-11-22-18)12-14-4-2-1-3-5-14/h1-5,10-11,15-17H,6-9,12-13,20H2,(H,21,22)(H,23,24)/t15?,16?,17-/m0/s1. The molecule has 24 heavy (non-hydrogen) atoms. The first-order valence-corrected chi connectivity index (χ1v) is 8.80. The summed E-state index contributed by atoms with van der Waals surface area (Å²) in [5, 5.41) is 3.21. The minimum atomic E-state index is -0.123. The predicted octanol–water partition coefficient (Wildman–Crippen LogP) is 2.57. The fourth-order valence-corrected chi connectivity index (χ4v) is 3.48. The lowest BCUT2D eigenvalue weighted by Crippen LogP contribution is -2.37. The number of hydrogen-bond donors (Lipinski definition) is 3. The Bertz CT molecular complexity index is 618. The van der Waals surface area contributed by atoms with Crippen molar-refractivity contribution >= 4 is 5.91 Å². The van der Waals surface area contributed by atoms with E-state index in [1.807, 2.05) is 18.2 Å². The molecule has 128 valence electrons. The van der Waals surface area contributed by atoms with Crippen molar-refractivity contribution in [2.75, 3.05) is 6.54 Å². The van der Waals surface area contributed by atoms with Gasteiger partial charge in [0.15, 0.2) is 0 Å². The monoisotopic (exact) mass is 326 g/mol. The van der Waals surface area contributed by atoms with Crippen molar-refractivity contribution < 1.29 is 4.79 Å². The molecule has 0 aliphatic heterocycles. The summed E-state index contributed by atoms with van der Waals surface area (Å²) in [6, 6.07) is 10.1. The molecular formula is C19H26N4O. The number of carbonyl (C=O) groups is 1. The number of hydrogen-bond acceptors (Lipinski definition) is 3. The predicted molar refractivity (Wildman–Crippen MR) is 94.1 cm³/mol. The molecule has 1 aliphatic rings. The largest absolute Gasteiger partial charge is 0.347 e. The molecule has 1 heterocycles. The van der Waals surface area contributed by atoms with Gasteiger partial charge in [0, 0.05) is 18.3 Å². The number of nitrogens with two attached hydrogens (primary N) is 1. The molecule has 0 spiro atoms. The molecule has 0 bridgehead atoms. The topological polar surface area (TPSA) is 83.8 Å². The van der Waals surface area contributed by atoms with E-state index >= 15 is 0 Å². The number of H-pyrrole nitrogens is 1. The van der Waals surface area contributed by atoms with Crippen molar-refractivity contribution in [2.24, 2.45) is 17.6 Å². The van der Waals surface area contributed by atoms with E-state index in [1.54, 1.807) is 12.4 Å². The molecule has 0 saturated heterocycles. The summed E-state index contributed by atoms with van der Waals surface area (Å²) in [6.07, 6.45) is 8.24. The number of amides is 1. The van der Waals surface area contributed by atoms with Crippen LogP contribution in [0.1, 0.15) is 43.1 Å². The van der Waals surface area contributed by atoms with E-state index in [1.165, 1.54) is 5.56 Å². The van der Waals surface area contributed by atoms with E-state index < -0.39 is 0 Å². The van der Waals surface area contributed by atoms with E-state index in [-0.39, 0.29) is 17.9 Å². The molecular weight excluding hydrogens is 300 g/mol. The highest BCUT2D eigenvalue weighted by atomic mass is 16.1. The Labute approximate surface area is 143 Å². The number of nitrogens with one attached hydrogen (secondary N) is 2. The fraction of sp³-hybridized carbons (Fsp3) is 0.474. The van der Waals surface area contributed by atoms with Crippen molar-refractivity contribution in [2.45, 2.75) is 38.1 Å². The molecule has 0 radical (unpaired) electrons. The Morgan fingerprint density at radius 2 is 2.00 bits per heavy atom. The number of benzene rings is 1. The van der Waals surface area contributed by atoms with E-state index in [2.05, 4.69) is 27.4 Å². The third kappa shape index (κ3) is 4.23. The molecule has 1 aliphatic carbocycles. The third-order valence-corrected chi connectivity index (χ3v) is 5.00. The first kappa shape index (κ1) is 16.7. The highest BCUT2D eigenvalue weighted by molar-refractivity contribution is 5.79. The van der Waals surface area contributed by atoms with Gasteiger partial charge in [-0.2, -0.15) is 0 Å². The van der Waals surface area contributed by atoms with E-state index in [0.29, 0.717) is 5.92 Å². The summed E-state index contributed by atoms with van der Waals surface area (Å²) < 4.78 is 0. The number of aromatic nitrogens is 2. The van der Waals surface area contributed by atoms with Crippen molar-refractivity contribution in [1.82, 2.24) is 15.3 Å². The maximum Gasteiger partial charge on any atom is 0.223 e. The molecule has 1 atom stereocenters. The molecule has 1 amide bonds. The first-order chi connectivity index (χ1) is 11.8. The molecule has 1 fully saturated rings. The van der Waals surface area contributed by atoms with E-state index in [9.17, 15) is 4.79 Å². The van der Waals surface area contributed by atoms with Crippen LogP contribution in [0.15, 0.2) is 42.7 Å². The van der Waals surface area contributed by atoms with Gasteiger partial charge in [-0.05, 0) is 50.1 Å². The number of imidazole rings is 1. The van der Waals surface area contributed by atoms with Crippen molar-refractivity contribution in [3.05, 3.63) is 54.1 Å². The minimum Gasteiger partial charge on any atom is -0.347 e. The zero-order chi connectivity index (χ0) is 16.8. The molecule has 1 aromatic carbocycles. The summed E-state index contributed by atoms with van der Waals surface area (Å²) in [7, 11) is 0. The summed E-state index contributed by atoms with van der Waals surface area (Å²) in [5.41, 5.74) is 6.93. The number of aromatic amines is 1.